The molecule has 2 aromatic heterocycles. The third-order valence-corrected chi connectivity index (χ3v) is 12.6. The largest absolute Gasteiger partial charge is 0.310 e. The number of hydrogen-bond acceptors (Lipinski definition) is 5. The molecule has 0 aliphatic heterocycles. The summed E-state index contributed by atoms with van der Waals surface area (Å²) in [6, 6.07) is 93.7. The Morgan fingerprint density at radius 3 is 0.884 bits per heavy atom. The maximum absolute atomic E-state index is 4.95. The van der Waals surface area contributed by atoms with Gasteiger partial charge in [0.2, 0.25) is 0 Å². The maximum atomic E-state index is 4.95. The molecule has 0 unspecified atom stereocenters. The highest BCUT2D eigenvalue weighted by molar-refractivity contribution is 6.12. The average Bonchev–Trinajstić information content (AvgIpc) is 3.75. The van der Waals surface area contributed by atoms with Gasteiger partial charge in [-0.1, -0.05) is 170 Å². The summed E-state index contributed by atoms with van der Waals surface area (Å²) >= 11 is 0. The van der Waals surface area contributed by atoms with Crippen molar-refractivity contribution in [1.82, 2.24) is 19.5 Å². The summed E-state index contributed by atoms with van der Waals surface area (Å²) in [6.07, 6.45) is 0. The minimum Gasteiger partial charge on any atom is -0.310 e. The van der Waals surface area contributed by atoms with Gasteiger partial charge in [0.15, 0.2) is 17.5 Å². The molecule has 0 aliphatic carbocycles. The quantitative estimate of drug-likeness (QED) is 0.130. The molecule has 6 nitrogen and oxygen atoms in total. The van der Waals surface area contributed by atoms with Crippen LogP contribution in [0.2, 0.25) is 0 Å². The Kier molecular flexibility index (Phi) is 10.8. The molecule has 0 bridgehead atoms. The lowest BCUT2D eigenvalue weighted by atomic mass is 10.0. The van der Waals surface area contributed by atoms with Crippen LogP contribution in [0.3, 0.4) is 0 Å². The van der Waals surface area contributed by atoms with Crippen molar-refractivity contribution in [2.24, 2.45) is 0 Å². The van der Waals surface area contributed by atoms with E-state index in [1.165, 1.54) is 0 Å². The summed E-state index contributed by atoms with van der Waals surface area (Å²) in [5, 5.41) is 2.32. The molecule has 326 valence electrons. The predicted molar refractivity (Wildman–Crippen MR) is 285 cm³/mol. The van der Waals surface area contributed by atoms with E-state index >= 15 is 0 Å². The zero-order chi connectivity index (χ0) is 45.9. The number of benzene rings is 10. The molecule has 69 heavy (non-hydrogen) atoms. The van der Waals surface area contributed by atoms with Crippen LogP contribution in [0.25, 0.3) is 72.8 Å². The maximum Gasteiger partial charge on any atom is 0.164 e. The van der Waals surface area contributed by atoms with Gasteiger partial charge in [-0.25, -0.2) is 15.0 Å². The van der Waals surface area contributed by atoms with Crippen LogP contribution in [0.15, 0.2) is 267 Å². The Bertz CT molecular complexity index is 3400. The monoisotopic (exact) mass is 884 g/mol. The number of para-hydroxylation sites is 4. The molecular weight excluding hydrogens is 841 g/mol. The van der Waals surface area contributed by atoms with Crippen LogP contribution in [-0.2, 0) is 0 Å². The summed E-state index contributed by atoms with van der Waals surface area (Å²) < 4.78 is 2.39. The van der Waals surface area contributed by atoms with Crippen molar-refractivity contribution in [1.29, 1.82) is 0 Å². The molecule has 6 heteroatoms. The second-order valence-corrected chi connectivity index (χ2v) is 16.9. The third kappa shape index (κ3) is 8.06. The summed E-state index contributed by atoms with van der Waals surface area (Å²) in [6.45, 7) is 0. The molecule has 0 fully saturated rings. The minimum absolute atomic E-state index is 0.633. The predicted octanol–water partition coefficient (Wildman–Crippen LogP) is 16.6. The van der Waals surface area contributed by atoms with Crippen LogP contribution < -0.4 is 9.80 Å². The highest BCUT2D eigenvalue weighted by Crippen LogP contribution is 2.43. The van der Waals surface area contributed by atoms with Crippen molar-refractivity contribution in [2.75, 3.05) is 9.80 Å². The standard InChI is InChI=1S/C63H44N6/c1-7-19-47(20-8-1)61-64-62(48-21-9-2-10-22-48)66-63(65-61)49-33-31-45(32-34-49)46-35-37-54(38-36-46)69-59-41-39-55(67(50-23-11-3-12-24-50)51-25-13-4-14-26-51)43-57(59)58-44-56(40-42-60(58)69)68(52-27-15-5-16-28-52)53-29-17-6-18-30-53/h1-44H. The van der Waals surface area contributed by atoms with E-state index < -0.39 is 0 Å². The number of anilines is 6. The summed E-state index contributed by atoms with van der Waals surface area (Å²) in [4.78, 5) is 19.4. The molecule has 0 aliphatic rings. The molecule has 0 amide bonds. The lowest BCUT2D eigenvalue weighted by Gasteiger charge is -2.26. The van der Waals surface area contributed by atoms with Crippen LogP contribution in [0.1, 0.15) is 0 Å². The summed E-state index contributed by atoms with van der Waals surface area (Å²) in [5.74, 6) is 1.92. The average molecular weight is 885 g/mol. The number of hydrogen-bond donors (Lipinski definition) is 0. The van der Waals surface area contributed by atoms with Crippen LogP contribution >= 0.6 is 0 Å². The van der Waals surface area contributed by atoms with Crippen LogP contribution in [0.4, 0.5) is 34.1 Å². The zero-order valence-electron chi connectivity index (χ0n) is 37.6. The number of rotatable bonds is 11. The van der Waals surface area contributed by atoms with Gasteiger partial charge in [-0.3, -0.25) is 0 Å². The molecule has 0 N–H and O–H groups in total. The summed E-state index contributed by atoms with van der Waals surface area (Å²) in [7, 11) is 0. The molecule has 12 rings (SSSR count). The van der Waals surface area contributed by atoms with Crippen molar-refractivity contribution in [2.45, 2.75) is 0 Å². The normalized spacial score (nSPS) is 11.2. The van der Waals surface area contributed by atoms with Gasteiger partial charge in [0.05, 0.1) is 11.0 Å². The van der Waals surface area contributed by atoms with Crippen molar-refractivity contribution in [3.05, 3.63) is 267 Å². The van der Waals surface area contributed by atoms with E-state index in [1.54, 1.807) is 0 Å². The van der Waals surface area contributed by atoms with Gasteiger partial charge < -0.3 is 14.4 Å². The van der Waals surface area contributed by atoms with Crippen molar-refractivity contribution in [3.63, 3.8) is 0 Å². The van der Waals surface area contributed by atoms with Crippen LogP contribution in [-0.4, -0.2) is 19.5 Å². The Balaban J connectivity index is 0.954. The molecule has 0 spiro atoms. The molecule has 0 radical (unpaired) electrons. The first kappa shape index (κ1) is 41.1. The topological polar surface area (TPSA) is 50.1 Å². The van der Waals surface area contributed by atoms with Gasteiger partial charge in [-0.15, -0.1) is 0 Å². The Morgan fingerprint density at radius 2 is 0.536 bits per heavy atom. The first-order valence-corrected chi connectivity index (χ1v) is 23.2. The van der Waals surface area contributed by atoms with E-state index in [9.17, 15) is 0 Å². The fourth-order valence-electron chi connectivity index (χ4n) is 9.31. The van der Waals surface area contributed by atoms with E-state index in [2.05, 4.69) is 221 Å². The minimum atomic E-state index is 0.633. The molecule has 10 aromatic carbocycles. The van der Waals surface area contributed by atoms with Gasteiger partial charge >= 0.3 is 0 Å². The van der Waals surface area contributed by atoms with Crippen LogP contribution in [0.5, 0.6) is 0 Å². The van der Waals surface area contributed by atoms with Gasteiger partial charge in [-0.05, 0) is 108 Å². The Morgan fingerprint density at radius 1 is 0.246 bits per heavy atom. The number of nitrogens with zero attached hydrogens (tertiary/aromatic N) is 6. The first-order valence-electron chi connectivity index (χ1n) is 23.2. The van der Waals surface area contributed by atoms with Crippen molar-refractivity contribution in [3.8, 4) is 51.0 Å². The third-order valence-electron chi connectivity index (χ3n) is 12.6. The summed E-state index contributed by atoms with van der Waals surface area (Å²) in [5.41, 5.74) is 14.9. The second kappa shape index (κ2) is 18.1. The smallest absolute Gasteiger partial charge is 0.164 e. The SMILES string of the molecule is c1ccc(-c2nc(-c3ccccc3)nc(-c3ccc(-c4ccc(-n5c6ccc(N(c7ccccc7)c7ccccc7)cc6c6cc(N(c7ccccc7)c7ccccc7)ccc65)cc4)cc3)n2)cc1. The first-order chi connectivity index (χ1) is 34.2. The van der Waals surface area contributed by atoms with Gasteiger partial charge in [-0.2, -0.15) is 0 Å². The number of aromatic nitrogens is 4. The van der Waals surface area contributed by atoms with E-state index in [1.807, 2.05) is 60.7 Å². The van der Waals surface area contributed by atoms with Crippen LogP contribution in [0, 0.1) is 0 Å². The van der Waals surface area contributed by atoms with E-state index in [4.69, 9.17) is 15.0 Å². The van der Waals surface area contributed by atoms with Crippen molar-refractivity contribution < 1.29 is 0 Å². The second-order valence-electron chi connectivity index (χ2n) is 16.9. The van der Waals surface area contributed by atoms with Gasteiger partial charge in [0, 0.05) is 67.3 Å². The van der Waals surface area contributed by atoms with Gasteiger partial charge in [0.1, 0.15) is 0 Å². The van der Waals surface area contributed by atoms with Gasteiger partial charge in [0.25, 0.3) is 0 Å². The zero-order valence-corrected chi connectivity index (χ0v) is 37.6. The fourth-order valence-corrected chi connectivity index (χ4v) is 9.31. The number of fused-ring (bicyclic) bond motifs is 3. The van der Waals surface area contributed by atoms with E-state index in [-0.39, 0.29) is 0 Å². The fraction of sp³-hybridized carbons (Fsp3) is 0. The molecular formula is C63H44N6. The Labute approximate surface area is 401 Å². The lowest BCUT2D eigenvalue weighted by Crippen LogP contribution is -2.09. The molecule has 0 atom stereocenters. The highest BCUT2D eigenvalue weighted by Gasteiger charge is 2.20. The van der Waals surface area contributed by atoms with E-state index in [0.717, 1.165) is 89.4 Å². The Hall–Kier alpha value is -9.39. The molecule has 12 aromatic rings. The van der Waals surface area contributed by atoms with Crippen molar-refractivity contribution >= 4 is 55.9 Å². The molecule has 0 saturated carbocycles. The lowest BCUT2D eigenvalue weighted by molar-refractivity contribution is 1.07. The molecule has 2 heterocycles. The highest BCUT2D eigenvalue weighted by atomic mass is 15.2. The molecule has 0 saturated heterocycles. The van der Waals surface area contributed by atoms with E-state index in [0.29, 0.717) is 17.5 Å².